The first-order valence-corrected chi connectivity index (χ1v) is 9.80. The van der Waals surface area contributed by atoms with E-state index in [1.165, 1.54) is 22.7 Å². The minimum atomic E-state index is -3.21. The number of aromatic carboxylic acids is 1. The number of carboxylic acids is 1. The summed E-state index contributed by atoms with van der Waals surface area (Å²) in [5, 5.41) is 8.97. The molecule has 1 aromatic carbocycles. The van der Waals surface area contributed by atoms with Gasteiger partial charge in [0.05, 0.1) is 29.4 Å². The van der Waals surface area contributed by atoms with Crippen LogP contribution < -0.4 is 0 Å². The summed E-state index contributed by atoms with van der Waals surface area (Å²) in [5.41, 5.74) is 2.39. The quantitative estimate of drug-likeness (QED) is 0.894. The number of nitrogens with zero attached hydrogens (tertiary/aromatic N) is 3. The first-order valence-electron chi connectivity index (χ1n) is 7.95. The molecule has 0 bridgehead atoms. The Bertz CT molecular complexity index is 881. The molecule has 0 saturated carbocycles. The SMILES string of the molecule is CS(=O)(=O)N1CCC[C@H](c2cncc(-c3ccc(C(=O)O)cc3)n2)C1. The van der Waals surface area contributed by atoms with Crippen LogP contribution in [0.3, 0.4) is 0 Å². The van der Waals surface area contributed by atoms with Crippen LogP contribution in [0.15, 0.2) is 36.7 Å². The maximum atomic E-state index is 11.8. The van der Waals surface area contributed by atoms with Crippen molar-refractivity contribution in [2.75, 3.05) is 19.3 Å². The maximum Gasteiger partial charge on any atom is 0.335 e. The Morgan fingerprint density at radius 2 is 1.96 bits per heavy atom. The molecule has 25 heavy (non-hydrogen) atoms. The highest BCUT2D eigenvalue weighted by Gasteiger charge is 2.27. The first kappa shape index (κ1) is 17.5. The molecular weight excluding hydrogens is 342 g/mol. The minimum absolute atomic E-state index is 0.00854. The summed E-state index contributed by atoms with van der Waals surface area (Å²) in [7, 11) is -3.21. The molecule has 1 aliphatic heterocycles. The molecule has 0 unspecified atom stereocenters. The third-order valence-electron chi connectivity index (χ3n) is 4.35. The summed E-state index contributed by atoms with van der Waals surface area (Å²) in [4.78, 5) is 19.8. The van der Waals surface area contributed by atoms with Crippen LogP contribution in [0.1, 0.15) is 34.8 Å². The number of carboxylic acid groups (broad SMARTS) is 1. The monoisotopic (exact) mass is 361 g/mol. The molecule has 1 fully saturated rings. The largest absolute Gasteiger partial charge is 0.478 e. The smallest absolute Gasteiger partial charge is 0.335 e. The molecule has 0 aliphatic carbocycles. The van der Waals surface area contributed by atoms with Gasteiger partial charge in [0.2, 0.25) is 10.0 Å². The summed E-state index contributed by atoms with van der Waals surface area (Å²) in [5.74, 6) is -0.969. The van der Waals surface area contributed by atoms with Crippen molar-refractivity contribution in [3.63, 3.8) is 0 Å². The zero-order valence-corrected chi connectivity index (χ0v) is 14.6. The summed E-state index contributed by atoms with van der Waals surface area (Å²) in [6.07, 6.45) is 6.17. The van der Waals surface area contributed by atoms with Crippen LogP contribution in [0.25, 0.3) is 11.3 Å². The van der Waals surface area contributed by atoms with Crippen molar-refractivity contribution < 1.29 is 18.3 Å². The van der Waals surface area contributed by atoms with Crippen molar-refractivity contribution in [2.45, 2.75) is 18.8 Å². The molecule has 0 radical (unpaired) electrons. The van der Waals surface area contributed by atoms with E-state index in [-0.39, 0.29) is 11.5 Å². The van der Waals surface area contributed by atoms with Crippen LogP contribution in [-0.2, 0) is 10.0 Å². The Labute approximate surface area is 146 Å². The number of sulfonamides is 1. The fraction of sp³-hybridized carbons (Fsp3) is 0.353. The van der Waals surface area contributed by atoms with E-state index in [1.807, 2.05) is 0 Å². The van der Waals surface area contributed by atoms with Crippen molar-refractivity contribution in [3.05, 3.63) is 47.9 Å². The van der Waals surface area contributed by atoms with Gasteiger partial charge in [0.1, 0.15) is 0 Å². The summed E-state index contributed by atoms with van der Waals surface area (Å²) in [6, 6.07) is 6.44. The lowest BCUT2D eigenvalue weighted by molar-refractivity contribution is 0.0697. The predicted molar refractivity (Wildman–Crippen MR) is 92.8 cm³/mol. The van der Waals surface area contributed by atoms with Crippen LogP contribution in [0, 0.1) is 0 Å². The van der Waals surface area contributed by atoms with Gasteiger partial charge in [-0.15, -0.1) is 0 Å². The molecule has 132 valence electrons. The van der Waals surface area contributed by atoms with Gasteiger partial charge in [-0.25, -0.2) is 22.5 Å². The second-order valence-corrected chi connectivity index (χ2v) is 8.15. The Hall–Kier alpha value is -2.32. The van der Waals surface area contributed by atoms with Gasteiger partial charge < -0.3 is 5.11 Å². The molecule has 1 atom stereocenters. The van der Waals surface area contributed by atoms with Crippen LogP contribution in [0.2, 0.25) is 0 Å². The van der Waals surface area contributed by atoms with Gasteiger partial charge in [0.15, 0.2) is 0 Å². The molecule has 7 nitrogen and oxygen atoms in total. The van der Waals surface area contributed by atoms with Crippen molar-refractivity contribution in [1.29, 1.82) is 0 Å². The second-order valence-electron chi connectivity index (χ2n) is 6.17. The van der Waals surface area contributed by atoms with E-state index in [9.17, 15) is 13.2 Å². The summed E-state index contributed by atoms with van der Waals surface area (Å²) in [6.45, 7) is 0.952. The third kappa shape index (κ3) is 4.02. The lowest BCUT2D eigenvalue weighted by atomic mass is 9.96. The summed E-state index contributed by atoms with van der Waals surface area (Å²) >= 11 is 0. The van der Waals surface area contributed by atoms with Crippen LogP contribution in [-0.4, -0.2) is 53.1 Å². The second kappa shape index (κ2) is 6.89. The highest BCUT2D eigenvalue weighted by atomic mass is 32.2. The predicted octanol–water partition coefficient (Wildman–Crippen LogP) is 1.98. The lowest BCUT2D eigenvalue weighted by Crippen LogP contribution is -2.38. The van der Waals surface area contributed by atoms with Gasteiger partial charge in [0.25, 0.3) is 0 Å². The number of hydrogen-bond donors (Lipinski definition) is 1. The molecule has 2 aromatic rings. The molecule has 3 rings (SSSR count). The molecule has 1 aliphatic rings. The normalized spacial score (nSPS) is 18.8. The Balaban J connectivity index is 1.85. The van der Waals surface area contributed by atoms with Crippen LogP contribution in [0.5, 0.6) is 0 Å². The van der Waals surface area contributed by atoms with E-state index in [0.717, 1.165) is 24.1 Å². The van der Waals surface area contributed by atoms with Crippen molar-refractivity contribution >= 4 is 16.0 Å². The molecule has 1 N–H and O–H groups in total. The zero-order valence-electron chi connectivity index (χ0n) is 13.8. The zero-order chi connectivity index (χ0) is 18.0. The van der Waals surface area contributed by atoms with Crippen LogP contribution >= 0.6 is 0 Å². The Kier molecular flexibility index (Phi) is 4.82. The fourth-order valence-electron chi connectivity index (χ4n) is 2.99. The molecule has 8 heteroatoms. The average Bonchev–Trinajstić information content (AvgIpc) is 2.61. The first-order chi connectivity index (χ1) is 11.8. The van der Waals surface area contributed by atoms with Gasteiger partial charge in [-0.05, 0) is 25.0 Å². The number of aromatic nitrogens is 2. The van der Waals surface area contributed by atoms with Crippen molar-refractivity contribution in [1.82, 2.24) is 14.3 Å². The van der Waals surface area contributed by atoms with E-state index in [1.54, 1.807) is 24.5 Å². The van der Waals surface area contributed by atoms with Gasteiger partial charge in [-0.1, -0.05) is 12.1 Å². The van der Waals surface area contributed by atoms with Crippen LogP contribution in [0.4, 0.5) is 0 Å². The highest BCUT2D eigenvalue weighted by Crippen LogP contribution is 2.28. The Morgan fingerprint density at radius 1 is 1.24 bits per heavy atom. The third-order valence-corrected chi connectivity index (χ3v) is 5.62. The van der Waals surface area contributed by atoms with Gasteiger partial charge in [-0.2, -0.15) is 0 Å². The molecule has 0 amide bonds. The van der Waals surface area contributed by atoms with E-state index in [4.69, 9.17) is 5.11 Å². The average molecular weight is 361 g/mol. The fourth-order valence-corrected chi connectivity index (χ4v) is 3.90. The van der Waals surface area contributed by atoms with E-state index < -0.39 is 16.0 Å². The maximum absolute atomic E-state index is 11.8. The molecule has 1 saturated heterocycles. The van der Waals surface area contributed by atoms with Gasteiger partial charge in [0, 0.05) is 30.8 Å². The van der Waals surface area contributed by atoms with Crippen molar-refractivity contribution in [3.8, 4) is 11.3 Å². The Morgan fingerprint density at radius 3 is 2.60 bits per heavy atom. The highest BCUT2D eigenvalue weighted by molar-refractivity contribution is 7.88. The van der Waals surface area contributed by atoms with Gasteiger partial charge >= 0.3 is 5.97 Å². The number of rotatable bonds is 4. The number of carbonyl (C=O) groups is 1. The standard InChI is InChI=1S/C17H19N3O4S/c1-25(23,24)20-8-2-3-14(11-20)16-10-18-9-15(19-16)12-4-6-13(7-5-12)17(21)22/h4-7,9-10,14H,2-3,8,11H2,1H3,(H,21,22)/t14-/m0/s1. The number of piperidine rings is 1. The van der Waals surface area contributed by atoms with E-state index >= 15 is 0 Å². The molecule has 0 spiro atoms. The topological polar surface area (TPSA) is 100 Å². The summed E-state index contributed by atoms with van der Waals surface area (Å²) < 4.78 is 25.0. The van der Waals surface area contributed by atoms with Gasteiger partial charge in [-0.3, -0.25) is 4.98 Å². The molecule has 2 heterocycles. The number of hydrogen-bond acceptors (Lipinski definition) is 5. The van der Waals surface area contributed by atoms with Crippen molar-refractivity contribution in [2.24, 2.45) is 0 Å². The lowest BCUT2D eigenvalue weighted by Gasteiger charge is -2.30. The minimum Gasteiger partial charge on any atom is -0.478 e. The number of benzene rings is 1. The molecule has 1 aromatic heterocycles. The van der Waals surface area contributed by atoms with E-state index in [0.29, 0.717) is 18.8 Å². The van der Waals surface area contributed by atoms with E-state index in [2.05, 4.69) is 9.97 Å². The molecular formula is C17H19N3O4S.